The summed E-state index contributed by atoms with van der Waals surface area (Å²) in [7, 11) is -3.57. The third kappa shape index (κ3) is 6.14. The van der Waals surface area contributed by atoms with E-state index in [2.05, 4.69) is 5.32 Å². The van der Waals surface area contributed by atoms with E-state index in [0.29, 0.717) is 36.0 Å². The van der Waals surface area contributed by atoms with Gasteiger partial charge in [-0.1, -0.05) is 47.5 Å². The van der Waals surface area contributed by atoms with Gasteiger partial charge in [-0.05, 0) is 42.7 Å². The molecule has 1 N–H and O–H groups in total. The Bertz CT molecular complexity index is 971. The molecule has 1 fully saturated rings. The molecule has 0 aromatic heterocycles. The van der Waals surface area contributed by atoms with Crippen LogP contribution in [-0.4, -0.2) is 44.0 Å². The van der Waals surface area contributed by atoms with Gasteiger partial charge in [-0.25, -0.2) is 8.42 Å². The van der Waals surface area contributed by atoms with Crippen LogP contribution in [0.15, 0.2) is 53.4 Å². The van der Waals surface area contributed by atoms with Crippen LogP contribution in [0, 0.1) is 5.92 Å². The van der Waals surface area contributed by atoms with Crippen molar-refractivity contribution in [3.8, 4) is 0 Å². The molecular formula is C21H24Cl2N2O3S2. The molecule has 1 saturated heterocycles. The molecule has 1 heterocycles. The number of piperidine rings is 1. The standard InChI is InChI=1S/C21H24Cl2N2O3S2/c22-18-9-8-17(20(23)13-18)15-29-12-10-24-21(26)16-5-4-11-25(14-16)30(27,28)19-6-2-1-3-7-19/h1-3,6-9,13,16H,4-5,10-12,14-15H2,(H,24,26)/t16-/m0/s1. The number of sulfonamides is 1. The molecule has 3 rings (SSSR count). The molecule has 2 aromatic carbocycles. The third-order valence-corrected chi connectivity index (χ3v) is 8.43. The van der Waals surface area contributed by atoms with Crippen molar-refractivity contribution in [2.75, 3.05) is 25.4 Å². The molecule has 0 bridgehead atoms. The number of hydrogen-bond acceptors (Lipinski definition) is 4. The number of nitrogens with zero attached hydrogens (tertiary/aromatic N) is 1. The third-order valence-electron chi connectivity index (χ3n) is 4.95. The molecule has 0 unspecified atom stereocenters. The monoisotopic (exact) mass is 486 g/mol. The second-order valence-corrected chi connectivity index (χ2v) is 11.0. The lowest BCUT2D eigenvalue weighted by atomic mass is 9.99. The van der Waals surface area contributed by atoms with E-state index in [4.69, 9.17) is 23.2 Å². The molecule has 0 saturated carbocycles. The van der Waals surface area contributed by atoms with Gasteiger partial charge in [0, 0.05) is 41.2 Å². The maximum atomic E-state index is 12.8. The minimum Gasteiger partial charge on any atom is -0.355 e. The van der Waals surface area contributed by atoms with E-state index < -0.39 is 10.0 Å². The summed E-state index contributed by atoms with van der Waals surface area (Å²) < 4.78 is 27.0. The maximum absolute atomic E-state index is 12.8. The van der Waals surface area contributed by atoms with Gasteiger partial charge in [0.05, 0.1) is 10.8 Å². The number of carbonyl (C=O) groups is 1. The molecule has 30 heavy (non-hydrogen) atoms. The Morgan fingerprint density at radius 1 is 1.17 bits per heavy atom. The van der Waals surface area contributed by atoms with Crippen LogP contribution in [0.25, 0.3) is 0 Å². The van der Waals surface area contributed by atoms with E-state index >= 15 is 0 Å². The highest BCUT2D eigenvalue weighted by atomic mass is 35.5. The normalized spacial score (nSPS) is 17.6. The number of hydrogen-bond donors (Lipinski definition) is 1. The number of amides is 1. The van der Waals surface area contributed by atoms with Crippen LogP contribution in [0.1, 0.15) is 18.4 Å². The first kappa shape index (κ1) is 23.4. The highest BCUT2D eigenvalue weighted by Gasteiger charge is 2.33. The average molecular weight is 487 g/mol. The van der Waals surface area contributed by atoms with Gasteiger partial charge in [0.2, 0.25) is 15.9 Å². The highest BCUT2D eigenvalue weighted by molar-refractivity contribution is 7.98. The Kier molecular flexibility index (Phi) is 8.48. The van der Waals surface area contributed by atoms with Crippen molar-refractivity contribution in [1.82, 2.24) is 9.62 Å². The number of thioether (sulfide) groups is 1. The lowest BCUT2D eigenvalue weighted by molar-refractivity contribution is -0.125. The highest BCUT2D eigenvalue weighted by Crippen LogP contribution is 2.25. The quantitative estimate of drug-likeness (QED) is 0.559. The average Bonchev–Trinajstić information content (AvgIpc) is 2.75. The van der Waals surface area contributed by atoms with Gasteiger partial charge in [-0.2, -0.15) is 16.1 Å². The summed E-state index contributed by atoms with van der Waals surface area (Å²) in [5.41, 5.74) is 1.01. The maximum Gasteiger partial charge on any atom is 0.243 e. The molecule has 2 aromatic rings. The lowest BCUT2D eigenvalue weighted by Crippen LogP contribution is -2.45. The second-order valence-electron chi connectivity index (χ2n) is 7.09. The molecule has 9 heteroatoms. The Labute approximate surface area is 192 Å². The Hall–Kier alpha value is -1.25. The summed E-state index contributed by atoms with van der Waals surface area (Å²) in [5.74, 6) is 1.06. The molecule has 1 atom stereocenters. The largest absolute Gasteiger partial charge is 0.355 e. The minimum atomic E-state index is -3.57. The fraction of sp³-hybridized carbons (Fsp3) is 0.381. The predicted molar refractivity (Wildman–Crippen MR) is 124 cm³/mol. The van der Waals surface area contributed by atoms with Crippen LogP contribution in [-0.2, 0) is 20.6 Å². The first-order chi connectivity index (χ1) is 14.4. The van der Waals surface area contributed by atoms with Crippen LogP contribution >= 0.6 is 35.0 Å². The van der Waals surface area contributed by atoms with Crippen molar-refractivity contribution in [2.45, 2.75) is 23.5 Å². The van der Waals surface area contributed by atoms with Gasteiger partial charge in [0.1, 0.15) is 0 Å². The van der Waals surface area contributed by atoms with Crippen molar-refractivity contribution in [2.24, 2.45) is 5.92 Å². The van der Waals surface area contributed by atoms with Gasteiger partial charge < -0.3 is 5.32 Å². The number of nitrogens with one attached hydrogen (secondary N) is 1. The summed E-state index contributed by atoms with van der Waals surface area (Å²) in [6, 6.07) is 13.8. The summed E-state index contributed by atoms with van der Waals surface area (Å²) in [6.45, 7) is 1.19. The second kappa shape index (κ2) is 10.9. The van der Waals surface area contributed by atoms with Crippen LogP contribution in [0.5, 0.6) is 0 Å². The summed E-state index contributed by atoms with van der Waals surface area (Å²) in [6.07, 6.45) is 1.37. The molecular weight excluding hydrogens is 463 g/mol. The Morgan fingerprint density at radius 3 is 2.67 bits per heavy atom. The Morgan fingerprint density at radius 2 is 1.93 bits per heavy atom. The van der Waals surface area contributed by atoms with E-state index in [0.717, 1.165) is 17.1 Å². The predicted octanol–water partition coefficient (Wildman–Crippen LogP) is 4.44. The van der Waals surface area contributed by atoms with Crippen LogP contribution in [0.2, 0.25) is 10.0 Å². The fourth-order valence-electron chi connectivity index (χ4n) is 3.33. The molecule has 1 aliphatic heterocycles. The zero-order chi connectivity index (χ0) is 21.6. The molecule has 162 valence electrons. The van der Waals surface area contributed by atoms with Gasteiger partial charge in [-0.3, -0.25) is 4.79 Å². The minimum absolute atomic E-state index is 0.0897. The van der Waals surface area contributed by atoms with Crippen molar-refractivity contribution in [1.29, 1.82) is 0 Å². The molecule has 1 aliphatic rings. The Balaban J connectivity index is 1.45. The van der Waals surface area contributed by atoms with E-state index in [1.54, 1.807) is 48.2 Å². The zero-order valence-electron chi connectivity index (χ0n) is 16.4. The van der Waals surface area contributed by atoms with Crippen molar-refractivity contribution in [3.05, 3.63) is 64.1 Å². The fourth-order valence-corrected chi connectivity index (χ4v) is 6.29. The van der Waals surface area contributed by atoms with Crippen LogP contribution < -0.4 is 5.32 Å². The van der Waals surface area contributed by atoms with Crippen LogP contribution in [0.3, 0.4) is 0 Å². The number of halogens is 2. The molecule has 5 nitrogen and oxygen atoms in total. The summed E-state index contributed by atoms with van der Waals surface area (Å²) in [5, 5.41) is 4.19. The molecule has 0 radical (unpaired) electrons. The van der Waals surface area contributed by atoms with Crippen molar-refractivity contribution in [3.63, 3.8) is 0 Å². The van der Waals surface area contributed by atoms with Crippen LogP contribution in [0.4, 0.5) is 0 Å². The SMILES string of the molecule is O=C(NCCSCc1ccc(Cl)cc1Cl)[C@H]1CCCN(S(=O)(=O)c2ccccc2)C1. The number of rotatable bonds is 8. The number of benzene rings is 2. The van der Waals surface area contributed by atoms with E-state index in [1.165, 1.54) is 4.31 Å². The van der Waals surface area contributed by atoms with Gasteiger partial charge in [0.25, 0.3) is 0 Å². The number of carbonyl (C=O) groups excluding carboxylic acids is 1. The molecule has 0 aliphatic carbocycles. The topological polar surface area (TPSA) is 66.5 Å². The summed E-state index contributed by atoms with van der Waals surface area (Å²) in [4.78, 5) is 12.8. The van der Waals surface area contributed by atoms with Crippen molar-refractivity contribution >= 4 is 50.9 Å². The van der Waals surface area contributed by atoms with E-state index in [9.17, 15) is 13.2 Å². The van der Waals surface area contributed by atoms with E-state index in [1.807, 2.05) is 12.1 Å². The molecule has 0 spiro atoms. The van der Waals surface area contributed by atoms with Crippen molar-refractivity contribution < 1.29 is 13.2 Å². The molecule has 1 amide bonds. The first-order valence-corrected chi connectivity index (χ1v) is 13.1. The lowest BCUT2D eigenvalue weighted by Gasteiger charge is -2.31. The van der Waals surface area contributed by atoms with Gasteiger partial charge in [-0.15, -0.1) is 0 Å². The van der Waals surface area contributed by atoms with E-state index in [-0.39, 0.29) is 23.3 Å². The van der Waals surface area contributed by atoms with Gasteiger partial charge in [0.15, 0.2) is 0 Å². The van der Waals surface area contributed by atoms with Gasteiger partial charge >= 0.3 is 0 Å². The summed E-state index contributed by atoms with van der Waals surface area (Å²) >= 11 is 13.7. The first-order valence-electron chi connectivity index (χ1n) is 9.72. The zero-order valence-corrected chi connectivity index (χ0v) is 19.5. The smallest absolute Gasteiger partial charge is 0.243 e.